The second-order valence-electron chi connectivity index (χ2n) is 7.63. The van der Waals surface area contributed by atoms with Gasteiger partial charge in [0, 0.05) is 42.9 Å². The Labute approximate surface area is 171 Å². The number of aromatic nitrogens is 2. The molecule has 1 aliphatic rings. The highest BCUT2D eigenvalue weighted by molar-refractivity contribution is 5.79. The van der Waals surface area contributed by atoms with Crippen molar-refractivity contribution >= 4 is 5.96 Å². The molecule has 158 valence electrons. The van der Waals surface area contributed by atoms with Crippen molar-refractivity contribution in [1.82, 2.24) is 20.4 Å². The molecular formula is C21H31N5O3. The van der Waals surface area contributed by atoms with Crippen LogP contribution in [0.2, 0.25) is 0 Å². The topological polar surface area (TPSA) is 92.9 Å². The van der Waals surface area contributed by atoms with E-state index in [1.54, 1.807) is 24.9 Å². The summed E-state index contributed by atoms with van der Waals surface area (Å²) in [4.78, 5) is 4.67. The highest BCUT2D eigenvalue weighted by Crippen LogP contribution is 2.35. The van der Waals surface area contributed by atoms with Gasteiger partial charge in [0.15, 0.2) is 5.96 Å². The van der Waals surface area contributed by atoms with Crippen LogP contribution in [-0.2, 0) is 25.6 Å². The molecule has 8 heteroatoms. The van der Waals surface area contributed by atoms with Gasteiger partial charge in [0.05, 0.1) is 26.4 Å². The molecule has 1 aromatic heterocycles. The first kappa shape index (κ1) is 21.0. The van der Waals surface area contributed by atoms with Gasteiger partial charge in [0.2, 0.25) is 0 Å². The molecule has 8 nitrogen and oxygen atoms in total. The van der Waals surface area contributed by atoms with Gasteiger partial charge in [-0.2, -0.15) is 5.10 Å². The van der Waals surface area contributed by atoms with Crippen molar-refractivity contribution in [2.45, 2.75) is 45.4 Å². The van der Waals surface area contributed by atoms with Gasteiger partial charge in [-0.25, -0.2) is 4.99 Å². The number of hydrogen-bond acceptors (Lipinski definition) is 5. The smallest absolute Gasteiger partial charge is 0.191 e. The van der Waals surface area contributed by atoms with E-state index in [0.29, 0.717) is 25.6 Å². The van der Waals surface area contributed by atoms with Gasteiger partial charge in [-0.05, 0) is 32.9 Å². The van der Waals surface area contributed by atoms with E-state index in [1.165, 1.54) is 5.56 Å². The van der Waals surface area contributed by atoms with Crippen molar-refractivity contribution in [1.29, 1.82) is 0 Å². The first-order valence-corrected chi connectivity index (χ1v) is 9.92. The van der Waals surface area contributed by atoms with Crippen LogP contribution in [0.1, 0.15) is 37.5 Å². The number of aryl methyl sites for hydroxylation is 1. The quantitative estimate of drug-likeness (QED) is 0.483. The van der Waals surface area contributed by atoms with Crippen molar-refractivity contribution in [3.8, 4) is 11.5 Å². The monoisotopic (exact) mass is 401 g/mol. The summed E-state index contributed by atoms with van der Waals surface area (Å²) in [5.74, 6) is 2.33. The Kier molecular flexibility index (Phi) is 6.32. The van der Waals surface area contributed by atoms with Crippen molar-refractivity contribution in [2.75, 3.05) is 20.2 Å². The summed E-state index contributed by atoms with van der Waals surface area (Å²) >= 11 is 0. The molecule has 0 saturated carbocycles. The van der Waals surface area contributed by atoms with Gasteiger partial charge < -0.3 is 25.2 Å². The number of aliphatic hydroxyl groups is 1. The molecule has 0 saturated heterocycles. The minimum atomic E-state index is -1.07. The number of guanidine groups is 1. The van der Waals surface area contributed by atoms with Crippen LogP contribution in [0.4, 0.5) is 0 Å². The lowest BCUT2D eigenvalue weighted by Crippen LogP contribution is -2.44. The van der Waals surface area contributed by atoms with Gasteiger partial charge >= 0.3 is 0 Å². The van der Waals surface area contributed by atoms with Gasteiger partial charge in [-0.15, -0.1) is 0 Å². The van der Waals surface area contributed by atoms with Crippen LogP contribution in [0.5, 0.6) is 11.5 Å². The third-order valence-corrected chi connectivity index (χ3v) is 4.98. The standard InChI is InChI=1S/C21H31N5O3/c1-6-22-20(24-13-21(3,27)17-11-25-26(4)12-17)23-10-16-9-19-15(7-14(2)29-19)8-18(16)28-5/h8-9,11-12,14,27H,6-7,10,13H2,1-5H3,(H2,22,23,24). The summed E-state index contributed by atoms with van der Waals surface area (Å²) in [6.07, 6.45) is 4.55. The Morgan fingerprint density at radius 2 is 2.24 bits per heavy atom. The summed E-state index contributed by atoms with van der Waals surface area (Å²) in [6, 6.07) is 4.05. The van der Waals surface area contributed by atoms with Crippen LogP contribution in [0, 0.1) is 0 Å². The van der Waals surface area contributed by atoms with Crippen LogP contribution in [-0.4, -0.2) is 47.1 Å². The molecule has 3 N–H and O–H groups in total. The molecule has 0 spiro atoms. The van der Waals surface area contributed by atoms with Crippen LogP contribution in [0.3, 0.4) is 0 Å². The molecule has 0 aliphatic carbocycles. The number of ether oxygens (including phenoxy) is 2. The van der Waals surface area contributed by atoms with Crippen molar-refractivity contribution < 1.29 is 14.6 Å². The minimum Gasteiger partial charge on any atom is -0.496 e. The van der Waals surface area contributed by atoms with Gasteiger partial charge in [-0.1, -0.05) is 0 Å². The Bertz CT molecular complexity index is 875. The number of nitrogens with zero attached hydrogens (tertiary/aromatic N) is 3. The minimum absolute atomic E-state index is 0.183. The van der Waals surface area contributed by atoms with Crippen LogP contribution in [0.25, 0.3) is 0 Å². The van der Waals surface area contributed by atoms with Crippen molar-refractivity contribution in [3.63, 3.8) is 0 Å². The number of fused-ring (bicyclic) bond motifs is 1. The van der Waals surface area contributed by atoms with E-state index in [4.69, 9.17) is 9.47 Å². The van der Waals surface area contributed by atoms with E-state index in [1.807, 2.05) is 32.3 Å². The Hall–Kier alpha value is -2.74. The fourth-order valence-electron chi connectivity index (χ4n) is 3.36. The van der Waals surface area contributed by atoms with Crippen LogP contribution in [0.15, 0.2) is 29.5 Å². The third-order valence-electron chi connectivity index (χ3n) is 4.98. The number of methoxy groups -OCH3 is 1. The predicted molar refractivity (Wildman–Crippen MR) is 112 cm³/mol. The molecule has 0 fully saturated rings. The molecule has 29 heavy (non-hydrogen) atoms. The van der Waals surface area contributed by atoms with E-state index in [-0.39, 0.29) is 6.10 Å². The maximum absolute atomic E-state index is 10.8. The van der Waals surface area contributed by atoms with Gasteiger partial charge in [0.1, 0.15) is 23.2 Å². The zero-order valence-electron chi connectivity index (χ0n) is 17.8. The fraction of sp³-hybridized carbons (Fsp3) is 0.524. The second kappa shape index (κ2) is 8.73. The molecule has 0 bridgehead atoms. The molecule has 1 aromatic carbocycles. The maximum atomic E-state index is 10.8. The number of rotatable bonds is 7. The SMILES string of the molecule is CCNC(=NCc1cc2c(cc1OC)CC(C)O2)NCC(C)(O)c1cnn(C)c1. The molecule has 2 aromatic rings. The maximum Gasteiger partial charge on any atom is 0.191 e. The number of benzene rings is 1. The number of hydrogen-bond donors (Lipinski definition) is 3. The molecule has 3 rings (SSSR count). The largest absolute Gasteiger partial charge is 0.496 e. The fourth-order valence-corrected chi connectivity index (χ4v) is 3.36. The average molecular weight is 402 g/mol. The second-order valence-corrected chi connectivity index (χ2v) is 7.63. The molecule has 1 aliphatic heterocycles. The van der Waals surface area contributed by atoms with E-state index in [0.717, 1.165) is 29.0 Å². The average Bonchev–Trinajstić information content (AvgIpc) is 3.27. The highest BCUT2D eigenvalue weighted by Gasteiger charge is 2.25. The molecule has 0 radical (unpaired) electrons. The van der Waals surface area contributed by atoms with E-state index < -0.39 is 5.60 Å². The molecule has 2 heterocycles. The van der Waals surface area contributed by atoms with E-state index >= 15 is 0 Å². The molecular weight excluding hydrogens is 370 g/mol. The zero-order chi connectivity index (χ0) is 21.0. The third kappa shape index (κ3) is 5.00. The summed E-state index contributed by atoms with van der Waals surface area (Å²) in [6.45, 7) is 7.25. The first-order valence-electron chi connectivity index (χ1n) is 9.92. The first-order chi connectivity index (χ1) is 13.8. The van der Waals surface area contributed by atoms with Crippen LogP contribution >= 0.6 is 0 Å². The summed E-state index contributed by atoms with van der Waals surface area (Å²) in [5, 5.41) is 21.3. The highest BCUT2D eigenvalue weighted by atomic mass is 16.5. The molecule has 2 atom stereocenters. The molecule has 0 amide bonds. The van der Waals surface area contributed by atoms with Crippen molar-refractivity contribution in [3.05, 3.63) is 41.2 Å². The van der Waals surface area contributed by atoms with Crippen LogP contribution < -0.4 is 20.1 Å². The number of nitrogens with one attached hydrogen (secondary N) is 2. The zero-order valence-corrected chi connectivity index (χ0v) is 17.8. The van der Waals surface area contributed by atoms with Gasteiger partial charge in [0.25, 0.3) is 0 Å². The normalized spacial score (nSPS) is 18.0. The van der Waals surface area contributed by atoms with E-state index in [2.05, 4.69) is 27.6 Å². The Balaban J connectivity index is 1.72. The summed E-state index contributed by atoms with van der Waals surface area (Å²) < 4.78 is 13.1. The Morgan fingerprint density at radius 3 is 2.90 bits per heavy atom. The van der Waals surface area contributed by atoms with Crippen molar-refractivity contribution in [2.24, 2.45) is 12.0 Å². The predicted octanol–water partition coefficient (Wildman–Crippen LogP) is 1.71. The van der Waals surface area contributed by atoms with Gasteiger partial charge in [-0.3, -0.25) is 4.68 Å². The lowest BCUT2D eigenvalue weighted by atomic mass is 10.00. The lowest BCUT2D eigenvalue weighted by Gasteiger charge is -2.23. The lowest BCUT2D eigenvalue weighted by molar-refractivity contribution is 0.0616. The molecule has 2 unspecified atom stereocenters. The Morgan fingerprint density at radius 1 is 1.45 bits per heavy atom. The summed E-state index contributed by atoms with van der Waals surface area (Å²) in [7, 11) is 3.50. The number of aliphatic imine (C=N–C) groups is 1. The summed E-state index contributed by atoms with van der Waals surface area (Å²) in [5.41, 5.74) is 1.80. The van der Waals surface area contributed by atoms with E-state index in [9.17, 15) is 5.11 Å².